The van der Waals surface area contributed by atoms with Crippen LogP contribution in [0.3, 0.4) is 0 Å². The Bertz CT molecular complexity index is 1790. The van der Waals surface area contributed by atoms with Gasteiger partial charge in [-0.3, -0.25) is 9.59 Å². The number of hydrogen-bond donors (Lipinski definition) is 2. The number of halogens is 6. The molecule has 1 fully saturated rings. The standard InChI is InChI=1S/C39H37F6N3O2/c40-38(41,42)25-46-36(50)37(33-14-6-4-12-30(33)31-13-5-7-15-34(31)37)20-8-9-21-48-22-18-28(19-23-48)47-35(49)32-24-27(39(43,44)45)16-17-29(32)26-10-2-1-3-11-26/h1-7,10-17,24,28H,8-9,18-23,25H2,(H,46,50)(H,47,49). The van der Waals surface area contributed by atoms with Gasteiger partial charge in [-0.15, -0.1) is 0 Å². The highest BCUT2D eigenvalue weighted by Gasteiger charge is 2.49. The second-order valence-corrected chi connectivity index (χ2v) is 13.0. The fourth-order valence-electron chi connectivity index (χ4n) is 7.35. The van der Waals surface area contributed by atoms with Crippen molar-refractivity contribution in [1.82, 2.24) is 15.5 Å². The van der Waals surface area contributed by atoms with Gasteiger partial charge in [0.1, 0.15) is 12.0 Å². The van der Waals surface area contributed by atoms with Crippen molar-refractivity contribution in [1.29, 1.82) is 0 Å². The summed E-state index contributed by atoms with van der Waals surface area (Å²) in [6.45, 7) is 0.588. The van der Waals surface area contributed by atoms with Crippen LogP contribution in [0.1, 0.15) is 59.2 Å². The van der Waals surface area contributed by atoms with Crippen molar-refractivity contribution in [3.63, 3.8) is 0 Å². The Kier molecular flexibility index (Phi) is 10.1. The Morgan fingerprint density at radius 2 is 1.34 bits per heavy atom. The van der Waals surface area contributed by atoms with E-state index < -0.39 is 41.7 Å². The number of fused-ring (bicyclic) bond motifs is 3. The molecule has 6 rings (SSSR count). The molecule has 1 aliphatic heterocycles. The van der Waals surface area contributed by atoms with E-state index in [1.165, 1.54) is 6.07 Å². The number of hydrogen-bond acceptors (Lipinski definition) is 3. The topological polar surface area (TPSA) is 61.4 Å². The lowest BCUT2D eigenvalue weighted by Gasteiger charge is -2.33. The maximum atomic E-state index is 13.7. The van der Waals surface area contributed by atoms with E-state index in [1.807, 2.05) is 36.4 Å². The highest BCUT2D eigenvalue weighted by molar-refractivity contribution is 6.02. The van der Waals surface area contributed by atoms with E-state index in [4.69, 9.17) is 0 Å². The third kappa shape index (κ3) is 7.43. The van der Waals surface area contributed by atoms with Crippen LogP contribution in [0.15, 0.2) is 97.1 Å². The zero-order valence-electron chi connectivity index (χ0n) is 27.2. The van der Waals surface area contributed by atoms with Crippen LogP contribution >= 0.6 is 0 Å². The summed E-state index contributed by atoms with van der Waals surface area (Å²) < 4.78 is 80.2. The van der Waals surface area contributed by atoms with Gasteiger partial charge < -0.3 is 15.5 Å². The Balaban J connectivity index is 1.08. The zero-order chi connectivity index (χ0) is 35.5. The molecule has 50 heavy (non-hydrogen) atoms. The molecule has 0 unspecified atom stereocenters. The summed E-state index contributed by atoms with van der Waals surface area (Å²) in [6.07, 6.45) is -6.31. The van der Waals surface area contributed by atoms with E-state index in [2.05, 4.69) is 15.5 Å². The molecular weight excluding hydrogens is 656 g/mol. The number of benzene rings is 4. The van der Waals surface area contributed by atoms with E-state index in [0.717, 1.165) is 23.3 Å². The number of nitrogens with zero attached hydrogens (tertiary/aromatic N) is 1. The summed E-state index contributed by atoms with van der Waals surface area (Å²) in [5.74, 6) is -1.22. The van der Waals surface area contributed by atoms with Crippen molar-refractivity contribution in [2.24, 2.45) is 0 Å². The maximum absolute atomic E-state index is 13.7. The molecule has 2 aliphatic rings. The van der Waals surface area contributed by atoms with Gasteiger partial charge in [-0.05, 0) is 77.7 Å². The van der Waals surface area contributed by atoms with Crippen molar-refractivity contribution < 1.29 is 35.9 Å². The number of unbranched alkanes of at least 4 members (excludes halogenated alkanes) is 1. The number of carbonyl (C=O) groups is 2. The average molecular weight is 694 g/mol. The van der Waals surface area contributed by atoms with Crippen LogP contribution in [0.4, 0.5) is 26.3 Å². The first-order valence-corrected chi connectivity index (χ1v) is 16.7. The third-order valence-corrected chi connectivity index (χ3v) is 9.78. The molecule has 4 aromatic rings. The predicted octanol–water partition coefficient (Wildman–Crippen LogP) is 8.38. The third-order valence-electron chi connectivity index (χ3n) is 9.78. The van der Waals surface area contributed by atoms with Crippen LogP contribution < -0.4 is 10.6 Å². The first-order chi connectivity index (χ1) is 23.9. The van der Waals surface area contributed by atoms with Crippen molar-refractivity contribution in [2.75, 3.05) is 26.2 Å². The monoisotopic (exact) mass is 693 g/mol. The SMILES string of the molecule is O=C(NC1CCN(CCCCC2(C(=O)NCC(F)(F)F)c3ccccc3-c3ccccc32)CC1)c1cc(C(F)(F)F)ccc1-c1ccccc1. The first-order valence-electron chi connectivity index (χ1n) is 16.7. The van der Waals surface area contributed by atoms with E-state index in [1.54, 1.807) is 42.5 Å². The molecule has 0 saturated carbocycles. The van der Waals surface area contributed by atoms with Crippen molar-refractivity contribution in [3.8, 4) is 22.3 Å². The number of amides is 2. The fourth-order valence-corrected chi connectivity index (χ4v) is 7.35. The van der Waals surface area contributed by atoms with Gasteiger partial charge in [0, 0.05) is 24.7 Å². The Hall–Kier alpha value is -4.64. The van der Waals surface area contributed by atoms with Crippen LogP contribution in [-0.2, 0) is 16.4 Å². The lowest BCUT2D eigenvalue weighted by molar-refractivity contribution is -0.141. The summed E-state index contributed by atoms with van der Waals surface area (Å²) in [5, 5.41) is 5.12. The number of carbonyl (C=O) groups excluding carboxylic acids is 2. The van der Waals surface area contributed by atoms with Crippen LogP contribution in [0.25, 0.3) is 22.3 Å². The Morgan fingerprint density at radius 1 is 0.740 bits per heavy atom. The number of nitrogens with one attached hydrogen (secondary N) is 2. The van der Waals surface area contributed by atoms with Crippen LogP contribution in [0, 0.1) is 0 Å². The molecule has 0 atom stereocenters. The molecule has 2 N–H and O–H groups in total. The minimum atomic E-state index is -4.59. The molecule has 0 spiro atoms. The molecule has 1 saturated heterocycles. The van der Waals surface area contributed by atoms with Gasteiger partial charge in [-0.25, -0.2) is 0 Å². The van der Waals surface area contributed by atoms with Gasteiger partial charge in [0.05, 0.1) is 5.56 Å². The maximum Gasteiger partial charge on any atom is 0.416 e. The highest BCUT2D eigenvalue weighted by Crippen LogP contribution is 2.51. The minimum absolute atomic E-state index is 0.0308. The highest BCUT2D eigenvalue weighted by atomic mass is 19.4. The largest absolute Gasteiger partial charge is 0.416 e. The van der Waals surface area contributed by atoms with Crippen LogP contribution in [0.5, 0.6) is 0 Å². The second-order valence-electron chi connectivity index (χ2n) is 13.0. The summed E-state index contributed by atoms with van der Waals surface area (Å²) in [6, 6.07) is 26.6. The van der Waals surface area contributed by atoms with Gasteiger partial charge in [0.25, 0.3) is 5.91 Å². The molecule has 4 aromatic carbocycles. The second kappa shape index (κ2) is 14.3. The van der Waals surface area contributed by atoms with E-state index in [9.17, 15) is 35.9 Å². The number of rotatable bonds is 10. The van der Waals surface area contributed by atoms with E-state index in [0.29, 0.717) is 74.0 Å². The summed E-state index contributed by atoms with van der Waals surface area (Å²) in [5.41, 5.74) is 1.99. The molecule has 5 nitrogen and oxygen atoms in total. The summed E-state index contributed by atoms with van der Waals surface area (Å²) in [4.78, 5) is 29.3. The molecule has 2 amide bonds. The van der Waals surface area contributed by atoms with Crippen molar-refractivity contribution >= 4 is 11.8 Å². The van der Waals surface area contributed by atoms with Crippen LogP contribution in [-0.4, -0.2) is 55.1 Å². The summed E-state index contributed by atoms with van der Waals surface area (Å²) in [7, 11) is 0. The van der Waals surface area contributed by atoms with E-state index >= 15 is 0 Å². The number of piperidine rings is 1. The average Bonchev–Trinajstić information content (AvgIpc) is 3.39. The van der Waals surface area contributed by atoms with Gasteiger partial charge in [0.15, 0.2) is 0 Å². The lowest BCUT2D eigenvalue weighted by Crippen LogP contribution is -2.47. The molecule has 0 bridgehead atoms. The predicted molar refractivity (Wildman–Crippen MR) is 179 cm³/mol. The van der Waals surface area contributed by atoms with Gasteiger partial charge >= 0.3 is 12.4 Å². The number of likely N-dealkylation sites (tertiary alicyclic amines) is 1. The molecule has 0 radical (unpaired) electrons. The first kappa shape index (κ1) is 35.2. The zero-order valence-corrected chi connectivity index (χ0v) is 27.2. The molecule has 262 valence electrons. The van der Waals surface area contributed by atoms with Gasteiger partial charge in [0.2, 0.25) is 5.91 Å². The molecule has 0 aromatic heterocycles. The minimum Gasteiger partial charge on any atom is -0.349 e. The molecule has 11 heteroatoms. The van der Waals surface area contributed by atoms with Crippen molar-refractivity contribution in [2.45, 2.75) is 55.9 Å². The molecule has 1 heterocycles. The fraction of sp³-hybridized carbons (Fsp3) is 0.333. The lowest BCUT2D eigenvalue weighted by atomic mass is 9.73. The number of alkyl halides is 6. The smallest absolute Gasteiger partial charge is 0.349 e. The van der Waals surface area contributed by atoms with Gasteiger partial charge in [-0.1, -0.05) is 91.3 Å². The molecular formula is C39H37F6N3O2. The van der Waals surface area contributed by atoms with E-state index in [-0.39, 0.29) is 11.6 Å². The van der Waals surface area contributed by atoms with Gasteiger partial charge in [-0.2, -0.15) is 26.3 Å². The Labute approximate surface area is 286 Å². The Morgan fingerprint density at radius 3 is 1.94 bits per heavy atom. The van der Waals surface area contributed by atoms with Crippen molar-refractivity contribution in [3.05, 3.63) is 119 Å². The van der Waals surface area contributed by atoms with Crippen LogP contribution in [0.2, 0.25) is 0 Å². The quantitative estimate of drug-likeness (QED) is 0.130. The summed E-state index contributed by atoms with van der Waals surface area (Å²) >= 11 is 0. The normalized spacial score (nSPS) is 16.0. The molecule has 1 aliphatic carbocycles.